The first-order chi connectivity index (χ1) is 32.8. The molecular formula is C56H32O. The molecule has 1 aromatic heterocycles. The number of para-hydroxylation sites is 1. The number of rotatable bonds is 4. The van der Waals surface area contributed by atoms with Gasteiger partial charge in [-0.15, -0.1) is 0 Å². The smallest absolute Gasteiger partial charge is 0.135 e. The molecule has 0 bridgehead atoms. The summed E-state index contributed by atoms with van der Waals surface area (Å²) in [4.78, 5) is 0. The summed E-state index contributed by atoms with van der Waals surface area (Å²) < 4.78 is 107. The zero-order chi connectivity index (χ0) is 46.8. The second-order valence-electron chi connectivity index (χ2n) is 14.7. The van der Waals surface area contributed by atoms with Gasteiger partial charge in [0.2, 0.25) is 0 Å². The SMILES string of the molecule is [2H]c1cc([2H])c([2H])c(-c2c(-c3c([2H])c([2H])c4oc5c([2H])c([2H])c([2H])c([2H])c5c4c3[2H])cc(-c3ccc4ccc5cccc6ccc3c4c56)cc2-c2ccc3ccc4cccc5ccc2c3c45)c1[2H]. The maximum atomic E-state index is 10.1. The fourth-order valence-electron chi connectivity index (χ4n) is 9.28. The topological polar surface area (TPSA) is 13.1 Å². The lowest BCUT2D eigenvalue weighted by Crippen LogP contribution is -1.95. The van der Waals surface area contributed by atoms with E-state index < -0.39 is 36.3 Å². The van der Waals surface area contributed by atoms with Crippen LogP contribution in [0, 0.1) is 0 Å². The van der Waals surface area contributed by atoms with E-state index in [2.05, 4.69) is 78.9 Å². The Hall–Kier alpha value is -7.48. The van der Waals surface area contributed by atoms with Crippen molar-refractivity contribution >= 4 is 86.6 Å². The Morgan fingerprint density at radius 3 is 1.56 bits per heavy atom. The zero-order valence-corrected chi connectivity index (χ0v) is 30.0. The maximum absolute atomic E-state index is 10.1. The van der Waals surface area contributed by atoms with Crippen molar-refractivity contribution in [1.29, 1.82) is 0 Å². The van der Waals surface area contributed by atoms with Crippen LogP contribution in [-0.4, -0.2) is 0 Å². The standard InChI is InChI=1S/C56H32O/c1-2-8-33(9-3-1)54-47(40-24-29-51-48(30-40)44-14-4-5-15-50(44)57-51)31-41(42-25-20-38-18-16-34-10-6-12-36-22-27-45(42)55(38)52(34)36)32-49(54)43-26-21-39-19-17-35-11-7-13-37-23-28-46(43)56(39)53(35)37/h1-32H/i2D,3D,4D,5D,8D,9D,14D,15D,24D,29D,30D. The molecule has 0 fully saturated rings. The van der Waals surface area contributed by atoms with Gasteiger partial charge >= 0.3 is 0 Å². The average Bonchev–Trinajstić information content (AvgIpc) is 3.77. The molecule has 1 heterocycles. The van der Waals surface area contributed by atoms with Crippen LogP contribution in [0.5, 0.6) is 0 Å². The fraction of sp³-hybridized carbons (Fsp3) is 0. The first-order valence-electron chi connectivity index (χ1n) is 24.3. The van der Waals surface area contributed by atoms with Crippen molar-refractivity contribution < 1.29 is 19.5 Å². The van der Waals surface area contributed by atoms with Crippen LogP contribution in [-0.2, 0) is 0 Å². The quantitative estimate of drug-likeness (QED) is 0.164. The molecule has 1 heteroatoms. The summed E-state index contributed by atoms with van der Waals surface area (Å²) in [5.74, 6) is 0. The van der Waals surface area contributed by atoms with E-state index in [4.69, 9.17) is 12.6 Å². The molecule has 0 N–H and O–H groups in total. The molecule has 13 rings (SSSR count). The molecule has 57 heavy (non-hydrogen) atoms. The summed E-state index contributed by atoms with van der Waals surface area (Å²) in [5.41, 5.74) is 2.36. The Morgan fingerprint density at radius 1 is 0.333 bits per heavy atom. The largest absolute Gasteiger partial charge is 0.456 e. The molecule has 13 aromatic rings. The summed E-state index contributed by atoms with van der Waals surface area (Å²) in [6.07, 6.45) is 0. The van der Waals surface area contributed by atoms with E-state index in [1.807, 2.05) is 36.4 Å². The molecule has 0 saturated carbocycles. The molecular weight excluding hydrogens is 689 g/mol. The lowest BCUT2D eigenvalue weighted by Gasteiger charge is -2.22. The van der Waals surface area contributed by atoms with E-state index in [0.717, 1.165) is 76.3 Å². The molecule has 0 saturated heterocycles. The molecule has 0 atom stereocenters. The monoisotopic (exact) mass is 731 g/mol. The highest BCUT2D eigenvalue weighted by atomic mass is 16.3. The van der Waals surface area contributed by atoms with E-state index in [1.165, 1.54) is 0 Å². The number of furan rings is 1. The summed E-state index contributed by atoms with van der Waals surface area (Å²) in [5, 5.41) is 12.1. The normalized spacial score (nSPS) is 14.9. The molecule has 0 radical (unpaired) electrons. The van der Waals surface area contributed by atoms with Gasteiger partial charge in [-0.2, -0.15) is 0 Å². The third kappa shape index (κ3) is 4.40. The molecule has 262 valence electrons. The van der Waals surface area contributed by atoms with Crippen LogP contribution in [0.2, 0.25) is 0 Å². The number of benzene rings is 12. The van der Waals surface area contributed by atoms with Gasteiger partial charge in [0, 0.05) is 10.8 Å². The van der Waals surface area contributed by atoms with E-state index in [1.54, 1.807) is 6.07 Å². The van der Waals surface area contributed by atoms with Crippen LogP contribution in [0.4, 0.5) is 0 Å². The van der Waals surface area contributed by atoms with Crippen molar-refractivity contribution in [2.24, 2.45) is 0 Å². The fourth-order valence-corrected chi connectivity index (χ4v) is 9.28. The molecule has 1 nitrogen and oxygen atoms in total. The van der Waals surface area contributed by atoms with Gasteiger partial charge in [-0.05, 0) is 139 Å². The predicted octanol–water partition coefficient (Wildman–Crippen LogP) is 16.0. The first kappa shape index (κ1) is 22.2. The van der Waals surface area contributed by atoms with Gasteiger partial charge < -0.3 is 4.42 Å². The summed E-state index contributed by atoms with van der Waals surface area (Å²) in [6.45, 7) is 0. The van der Waals surface area contributed by atoms with E-state index in [9.17, 15) is 6.85 Å². The minimum atomic E-state index is -0.548. The van der Waals surface area contributed by atoms with Crippen LogP contribution in [0.15, 0.2) is 198 Å². The minimum Gasteiger partial charge on any atom is -0.456 e. The van der Waals surface area contributed by atoms with Gasteiger partial charge in [-0.1, -0.05) is 164 Å². The molecule has 0 unspecified atom stereocenters. The van der Waals surface area contributed by atoms with Crippen molar-refractivity contribution in [3.8, 4) is 44.5 Å². The summed E-state index contributed by atoms with van der Waals surface area (Å²) >= 11 is 0. The second kappa shape index (κ2) is 11.5. The lowest BCUT2D eigenvalue weighted by atomic mass is 9.81. The molecule has 0 amide bonds. The Labute approximate surface area is 343 Å². The van der Waals surface area contributed by atoms with Gasteiger partial charge in [0.15, 0.2) is 0 Å². The zero-order valence-electron chi connectivity index (χ0n) is 41.0. The Morgan fingerprint density at radius 2 is 0.877 bits per heavy atom. The van der Waals surface area contributed by atoms with Gasteiger partial charge in [0.1, 0.15) is 11.2 Å². The Kier molecular flexibility index (Phi) is 4.48. The highest BCUT2D eigenvalue weighted by Gasteiger charge is 2.22. The molecule has 0 aliphatic heterocycles. The van der Waals surface area contributed by atoms with E-state index in [-0.39, 0.29) is 74.4 Å². The minimum absolute atomic E-state index is 0.0653. The van der Waals surface area contributed by atoms with Crippen LogP contribution in [0.3, 0.4) is 0 Å². The van der Waals surface area contributed by atoms with E-state index in [0.29, 0.717) is 16.7 Å². The van der Waals surface area contributed by atoms with Gasteiger partial charge in [0.05, 0.1) is 15.1 Å². The Bertz CT molecular complexity index is 4340. The highest BCUT2D eigenvalue weighted by Crippen LogP contribution is 2.49. The number of hydrogen-bond donors (Lipinski definition) is 0. The van der Waals surface area contributed by atoms with Gasteiger partial charge in [-0.3, -0.25) is 0 Å². The predicted molar refractivity (Wildman–Crippen MR) is 243 cm³/mol. The maximum Gasteiger partial charge on any atom is 0.135 e. The summed E-state index contributed by atoms with van der Waals surface area (Å²) in [6, 6.07) is 37.6. The molecule has 0 aliphatic rings. The highest BCUT2D eigenvalue weighted by molar-refractivity contribution is 6.27. The van der Waals surface area contributed by atoms with Crippen molar-refractivity contribution in [2.45, 2.75) is 0 Å². The Balaban J connectivity index is 1.26. The van der Waals surface area contributed by atoms with Crippen molar-refractivity contribution in [2.75, 3.05) is 0 Å². The molecule has 0 aliphatic carbocycles. The van der Waals surface area contributed by atoms with Crippen LogP contribution >= 0.6 is 0 Å². The third-order valence-corrected chi connectivity index (χ3v) is 11.7. The van der Waals surface area contributed by atoms with Gasteiger partial charge in [0.25, 0.3) is 0 Å². The van der Waals surface area contributed by atoms with Crippen LogP contribution in [0.1, 0.15) is 15.1 Å². The van der Waals surface area contributed by atoms with Crippen LogP contribution in [0.25, 0.3) is 131 Å². The van der Waals surface area contributed by atoms with Crippen molar-refractivity contribution in [3.63, 3.8) is 0 Å². The third-order valence-electron chi connectivity index (χ3n) is 11.7. The first-order valence-corrected chi connectivity index (χ1v) is 18.8. The van der Waals surface area contributed by atoms with Gasteiger partial charge in [-0.25, -0.2) is 0 Å². The average molecular weight is 732 g/mol. The van der Waals surface area contributed by atoms with Crippen LogP contribution < -0.4 is 0 Å². The lowest BCUT2D eigenvalue weighted by molar-refractivity contribution is 0.669. The number of fused-ring (bicyclic) bond motifs is 3. The molecule has 12 aromatic carbocycles. The van der Waals surface area contributed by atoms with Crippen molar-refractivity contribution in [3.05, 3.63) is 194 Å². The molecule has 0 spiro atoms. The summed E-state index contributed by atoms with van der Waals surface area (Å²) in [7, 11) is 0. The van der Waals surface area contributed by atoms with Crippen molar-refractivity contribution in [1.82, 2.24) is 0 Å². The van der Waals surface area contributed by atoms with E-state index >= 15 is 0 Å². The second-order valence-corrected chi connectivity index (χ2v) is 14.7. The number of hydrogen-bond acceptors (Lipinski definition) is 1.